The molecule has 0 saturated carbocycles. The van der Waals surface area contributed by atoms with E-state index in [1.807, 2.05) is 26.0 Å². The SMILES string of the molecule is Cc1cc2occ(CC(=O)O[C@@H](C)C(=O)Nc3ccccc3C(F)(F)F)c2cc1C. The molecule has 8 heteroatoms. The topological polar surface area (TPSA) is 68.5 Å². The number of ether oxygens (including phenoxy) is 1. The van der Waals surface area contributed by atoms with Crippen LogP contribution in [-0.4, -0.2) is 18.0 Å². The minimum Gasteiger partial charge on any atom is -0.464 e. The standard InChI is InChI=1S/C22H20F3NO4/c1-12-8-16-15(11-29-19(16)9-13(12)2)10-20(27)30-14(3)21(28)26-18-7-5-4-6-17(18)22(23,24)25/h4-9,11,14H,10H2,1-3H3,(H,26,28)/t14-/m0/s1. The maximum absolute atomic E-state index is 13.1. The quantitative estimate of drug-likeness (QED) is 0.579. The molecule has 1 aromatic heterocycles. The van der Waals surface area contributed by atoms with Gasteiger partial charge in [-0.25, -0.2) is 0 Å². The minimum absolute atomic E-state index is 0.133. The number of carbonyl (C=O) groups is 2. The van der Waals surface area contributed by atoms with Crippen molar-refractivity contribution in [3.63, 3.8) is 0 Å². The highest BCUT2D eigenvalue weighted by Gasteiger charge is 2.34. The predicted octanol–water partition coefficient (Wildman–Crippen LogP) is 5.18. The summed E-state index contributed by atoms with van der Waals surface area (Å²) in [6.07, 6.45) is -4.58. The van der Waals surface area contributed by atoms with Crippen molar-refractivity contribution in [3.8, 4) is 0 Å². The second kappa shape index (κ2) is 8.22. The summed E-state index contributed by atoms with van der Waals surface area (Å²) in [4.78, 5) is 24.5. The van der Waals surface area contributed by atoms with Gasteiger partial charge in [0.25, 0.3) is 5.91 Å². The number of fused-ring (bicyclic) bond motifs is 1. The third kappa shape index (κ3) is 4.64. The molecular formula is C22H20F3NO4. The van der Waals surface area contributed by atoms with Gasteiger partial charge in [0.15, 0.2) is 6.10 Å². The van der Waals surface area contributed by atoms with Gasteiger partial charge in [0, 0.05) is 10.9 Å². The van der Waals surface area contributed by atoms with Crippen molar-refractivity contribution < 1.29 is 31.9 Å². The van der Waals surface area contributed by atoms with Crippen LogP contribution in [0.15, 0.2) is 47.1 Å². The smallest absolute Gasteiger partial charge is 0.418 e. The number of aryl methyl sites for hydroxylation is 2. The lowest BCUT2D eigenvalue weighted by Gasteiger charge is -2.16. The Bertz CT molecular complexity index is 1100. The van der Waals surface area contributed by atoms with Crippen molar-refractivity contribution in [3.05, 3.63) is 64.9 Å². The monoisotopic (exact) mass is 419 g/mol. The van der Waals surface area contributed by atoms with Crippen molar-refractivity contribution in [1.29, 1.82) is 0 Å². The Labute approximate surface area is 170 Å². The fourth-order valence-corrected chi connectivity index (χ4v) is 2.99. The summed E-state index contributed by atoms with van der Waals surface area (Å²) in [5.41, 5.74) is 1.95. The normalized spacial score (nSPS) is 12.6. The lowest BCUT2D eigenvalue weighted by atomic mass is 10.0. The Morgan fingerprint density at radius 1 is 1.13 bits per heavy atom. The Balaban J connectivity index is 1.67. The van der Waals surface area contributed by atoms with Crippen molar-refractivity contribution in [1.82, 2.24) is 0 Å². The van der Waals surface area contributed by atoms with Gasteiger partial charge >= 0.3 is 12.1 Å². The highest BCUT2D eigenvalue weighted by Crippen LogP contribution is 2.34. The molecule has 2 aromatic carbocycles. The number of carbonyl (C=O) groups excluding carboxylic acids is 2. The molecule has 0 aliphatic rings. The molecule has 0 spiro atoms. The second-order valence-corrected chi connectivity index (χ2v) is 7.04. The molecule has 5 nitrogen and oxygen atoms in total. The van der Waals surface area contributed by atoms with Gasteiger partial charge in [-0.2, -0.15) is 13.2 Å². The van der Waals surface area contributed by atoms with E-state index in [1.165, 1.54) is 25.3 Å². The number of esters is 1. The van der Waals surface area contributed by atoms with Crippen LogP contribution in [0.3, 0.4) is 0 Å². The lowest BCUT2D eigenvalue weighted by molar-refractivity contribution is -0.152. The van der Waals surface area contributed by atoms with E-state index >= 15 is 0 Å². The third-order valence-corrected chi connectivity index (χ3v) is 4.77. The van der Waals surface area contributed by atoms with Crippen molar-refractivity contribution in [2.45, 2.75) is 39.5 Å². The summed E-state index contributed by atoms with van der Waals surface area (Å²) in [6, 6.07) is 8.36. The van der Waals surface area contributed by atoms with Gasteiger partial charge in [0.1, 0.15) is 5.58 Å². The van der Waals surface area contributed by atoms with E-state index in [4.69, 9.17) is 9.15 Å². The minimum atomic E-state index is -4.62. The average Bonchev–Trinajstić information content (AvgIpc) is 3.03. The van der Waals surface area contributed by atoms with Crippen LogP contribution in [0.1, 0.15) is 29.2 Å². The van der Waals surface area contributed by atoms with Crippen LogP contribution in [0, 0.1) is 13.8 Å². The van der Waals surface area contributed by atoms with Gasteiger partial charge in [-0.1, -0.05) is 12.1 Å². The highest BCUT2D eigenvalue weighted by molar-refractivity contribution is 5.96. The van der Waals surface area contributed by atoms with Gasteiger partial charge < -0.3 is 14.5 Å². The first-order valence-corrected chi connectivity index (χ1v) is 9.20. The Kier molecular flexibility index (Phi) is 5.87. The molecule has 0 aliphatic heterocycles. The summed E-state index contributed by atoms with van der Waals surface area (Å²) < 4.78 is 49.8. The maximum atomic E-state index is 13.1. The molecule has 0 fully saturated rings. The molecule has 1 amide bonds. The Morgan fingerprint density at radius 3 is 2.50 bits per heavy atom. The van der Waals surface area contributed by atoms with Crippen molar-refractivity contribution in [2.75, 3.05) is 5.32 Å². The van der Waals surface area contributed by atoms with Crippen LogP contribution in [-0.2, 0) is 26.9 Å². The van der Waals surface area contributed by atoms with E-state index in [-0.39, 0.29) is 6.42 Å². The molecule has 0 radical (unpaired) electrons. The fourth-order valence-electron chi connectivity index (χ4n) is 2.99. The number of rotatable bonds is 5. The predicted molar refractivity (Wildman–Crippen MR) is 105 cm³/mol. The molecule has 158 valence electrons. The number of benzene rings is 2. The van der Waals surface area contributed by atoms with E-state index in [9.17, 15) is 22.8 Å². The Morgan fingerprint density at radius 2 is 1.80 bits per heavy atom. The highest BCUT2D eigenvalue weighted by atomic mass is 19.4. The van der Waals surface area contributed by atoms with Gasteiger partial charge in [0.2, 0.25) is 0 Å². The Hall–Kier alpha value is -3.29. The first kappa shape index (κ1) is 21.4. The van der Waals surface area contributed by atoms with Crippen LogP contribution in [0.5, 0.6) is 0 Å². The van der Waals surface area contributed by atoms with Gasteiger partial charge in [0.05, 0.1) is 23.9 Å². The van der Waals surface area contributed by atoms with E-state index in [0.717, 1.165) is 28.6 Å². The van der Waals surface area contributed by atoms with Crippen LogP contribution < -0.4 is 5.32 Å². The zero-order chi connectivity index (χ0) is 22.1. The van der Waals surface area contributed by atoms with E-state index in [0.29, 0.717) is 11.1 Å². The largest absolute Gasteiger partial charge is 0.464 e. The third-order valence-electron chi connectivity index (χ3n) is 4.77. The number of furan rings is 1. The summed E-state index contributed by atoms with van der Waals surface area (Å²) >= 11 is 0. The number of hydrogen-bond acceptors (Lipinski definition) is 4. The van der Waals surface area contributed by atoms with Gasteiger partial charge in [-0.05, 0) is 56.2 Å². The first-order valence-electron chi connectivity index (χ1n) is 9.20. The summed E-state index contributed by atoms with van der Waals surface area (Å²) in [5, 5.41) is 2.94. The van der Waals surface area contributed by atoms with Crippen molar-refractivity contribution >= 4 is 28.5 Å². The van der Waals surface area contributed by atoms with E-state index in [1.54, 1.807) is 0 Å². The fraction of sp³-hybridized carbons (Fsp3) is 0.273. The molecule has 30 heavy (non-hydrogen) atoms. The number of anilines is 1. The summed E-state index contributed by atoms with van der Waals surface area (Å²) in [7, 11) is 0. The van der Waals surface area contributed by atoms with E-state index < -0.39 is 35.4 Å². The zero-order valence-electron chi connectivity index (χ0n) is 16.6. The molecule has 3 aromatic rings. The number of halogens is 3. The van der Waals surface area contributed by atoms with Gasteiger partial charge in [-0.3, -0.25) is 9.59 Å². The average molecular weight is 419 g/mol. The van der Waals surface area contributed by atoms with Crippen LogP contribution in [0.2, 0.25) is 0 Å². The molecule has 0 bridgehead atoms. The molecule has 0 saturated heterocycles. The molecular weight excluding hydrogens is 399 g/mol. The molecule has 1 atom stereocenters. The number of alkyl halides is 3. The van der Waals surface area contributed by atoms with Crippen LogP contribution >= 0.6 is 0 Å². The molecule has 1 heterocycles. The lowest BCUT2D eigenvalue weighted by Crippen LogP contribution is -2.31. The number of amides is 1. The molecule has 0 aliphatic carbocycles. The molecule has 0 unspecified atom stereocenters. The molecule has 1 N–H and O–H groups in total. The van der Waals surface area contributed by atoms with E-state index in [2.05, 4.69) is 5.32 Å². The zero-order valence-corrected chi connectivity index (χ0v) is 16.6. The van der Waals surface area contributed by atoms with Crippen LogP contribution in [0.25, 0.3) is 11.0 Å². The number of nitrogens with one attached hydrogen (secondary N) is 1. The number of para-hydroxylation sites is 1. The maximum Gasteiger partial charge on any atom is 0.418 e. The first-order chi connectivity index (χ1) is 14.1. The molecule has 3 rings (SSSR count). The second-order valence-electron chi connectivity index (χ2n) is 7.04. The summed E-state index contributed by atoms with van der Waals surface area (Å²) in [6.45, 7) is 5.18. The van der Waals surface area contributed by atoms with Crippen LogP contribution in [0.4, 0.5) is 18.9 Å². The van der Waals surface area contributed by atoms with Crippen molar-refractivity contribution in [2.24, 2.45) is 0 Å². The number of hydrogen-bond donors (Lipinski definition) is 1. The summed E-state index contributed by atoms with van der Waals surface area (Å²) in [5.74, 6) is -1.55. The van der Waals surface area contributed by atoms with Gasteiger partial charge in [-0.15, -0.1) is 0 Å².